The monoisotopic (exact) mass is 190 g/mol. The van der Waals surface area contributed by atoms with Gasteiger partial charge in [0.05, 0.1) is 0 Å². The number of aromatic nitrogens is 4. The van der Waals surface area contributed by atoms with Crippen molar-refractivity contribution in [1.82, 2.24) is 20.2 Å². The highest BCUT2D eigenvalue weighted by Crippen LogP contribution is 2.11. The summed E-state index contributed by atoms with van der Waals surface area (Å²) in [5, 5.41) is 11.2. The summed E-state index contributed by atoms with van der Waals surface area (Å²) in [4.78, 5) is 0. The molecule has 0 aromatic carbocycles. The number of allylic oxidation sites excluding steroid dienone is 2. The van der Waals surface area contributed by atoms with E-state index in [0.717, 1.165) is 5.57 Å². The molecule has 0 saturated heterocycles. The number of tetrazole rings is 1. The topological polar surface area (TPSA) is 43.6 Å². The first-order valence-corrected chi connectivity index (χ1v) is 4.43. The van der Waals surface area contributed by atoms with Gasteiger partial charge in [-0.15, -0.1) is 5.10 Å². The SMILES string of the molecule is C=C/C(=C\n1nnnc1C=C)C(C)C. The largest absolute Gasteiger partial charge is 0.200 e. The fourth-order valence-corrected chi connectivity index (χ4v) is 1.01. The first-order chi connectivity index (χ1) is 6.69. The van der Waals surface area contributed by atoms with Crippen LogP contribution in [0.5, 0.6) is 0 Å². The highest BCUT2D eigenvalue weighted by molar-refractivity contribution is 5.44. The lowest BCUT2D eigenvalue weighted by Crippen LogP contribution is -1.98. The van der Waals surface area contributed by atoms with Crippen LogP contribution in [0.3, 0.4) is 0 Å². The lowest BCUT2D eigenvalue weighted by Gasteiger charge is -2.05. The van der Waals surface area contributed by atoms with Gasteiger partial charge in [0.25, 0.3) is 0 Å². The Morgan fingerprint density at radius 2 is 2.14 bits per heavy atom. The van der Waals surface area contributed by atoms with E-state index < -0.39 is 0 Å². The van der Waals surface area contributed by atoms with E-state index in [1.807, 2.05) is 6.20 Å². The summed E-state index contributed by atoms with van der Waals surface area (Å²) in [6, 6.07) is 0. The van der Waals surface area contributed by atoms with Crippen molar-refractivity contribution in [1.29, 1.82) is 0 Å². The summed E-state index contributed by atoms with van der Waals surface area (Å²) in [5.41, 5.74) is 1.08. The van der Waals surface area contributed by atoms with Gasteiger partial charge in [0.15, 0.2) is 5.82 Å². The van der Waals surface area contributed by atoms with E-state index in [1.165, 1.54) is 0 Å². The van der Waals surface area contributed by atoms with E-state index in [2.05, 4.69) is 42.5 Å². The Morgan fingerprint density at radius 1 is 1.43 bits per heavy atom. The normalized spacial score (nSPS) is 11.8. The first-order valence-electron chi connectivity index (χ1n) is 4.43. The van der Waals surface area contributed by atoms with Gasteiger partial charge in [-0.1, -0.05) is 33.1 Å². The summed E-state index contributed by atoms with van der Waals surface area (Å²) < 4.78 is 1.59. The first kappa shape index (κ1) is 10.4. The standard InChI is InChI=1S/C10H14N4/c1-5-9(8(3)4)7-14-10(6-2)11-12-13-14/h5-8H,1-2H2,3-4H3/b9-7+. The molecule has 0 spiro atoms. The molecule has 0 aliphatic heterocycles. The van der Waals surface area contributed by atoms with E-state index in [1.54, 1.807) is 16.8 Å². The molecular weight excluding hydrogens is 176 g/mol. The van der Waals surface area contributed by atoms with Crippen LogP contribution in [0.25, 0.3) is 12.3 Å². The second-order valence-electron chi connectivity index (χ2n) is 3.17. The molecule has 0 radical (unpaired) electrons. The molecule has 0 fully saturated rings. The minimum absolute atomic E-state index is 0.398. The fourth-order valence-electron chi connectivity index (χ4n) is 1.01. The maximum Gasteiger partial charge on any atom is 0.178 e. The van der Waals surface area contributed by atoms with Crippen LogP contribution in [0.15, 0.2) is 24.8 Å². The molecule has 0 aliphatic rings. The van der Waals surface area contributed by atoms with Crippen LogP contribution in [0.2, 0.25) is 0 Å². The Hall–Kier alpha value is -1.71. The van der Waals surface area contributed by atoms with Crippen LogP contribution >= 0.6 is 0 Å². The molecule has 1 aromatic heterocycles. The molecule has 1 heterocycles. The van der Waals surface area contributed by atoms with Crippen LogP contribution in [0.1, 0.15) is 19.7 Å². The summed E-state index contributed by atoms with van der Waals surface area (Å²) in [6.45, 7) is 11.5. The molecule has 14 heavy (non-hydrogen) atoms. The van der Waals surface area contributed by atoms with Gasteiger partial charge in [-0.2, -0.15) is 0 Å². The van der Waals surface area contributed by atoms with Crippen molar-refractivity contribution >= 4 is 12.3 Å². The van der Waals surface area contributed by atoms with Gasteiger partial charge >= 0.3 is 0 Å². The van der Waals surface area contributed by atoms with Crippen molar-refractivity contribution in [3.8, 4) is 0 Å². The van der Waals surface area contributed by atoms with Gasteiger partial charge in [-0.05, 0) is 28.0 Å². The van der Waals surface area contributed by atoms with Crippen LogP contribution in [-0.4, -0.2) is 20.2 Å². The third-order valence-corrected chi connectivity index (χ3v) is 1.87. The molecule has 1 aromatic rings. The lowest BCUT2D eigenvalue weighted by atomic mass is 10.1. The molecule has 0 amide bonds. The Balaban J connectivity index is 3.05. The van der Waals surface area contributed by atoms with Crippen molar-refractivity contribution in [2.45, 2.75) is 13.8 Å². The predicted molar refractivity (Wildman–Crippen MR) is 57.2 cm³/mol. The second kappa shape index (κ2) is 4.50. The quantitative estimate of drug-likeness (QED) is 0.682. The van der Waals surface area contributed by atoms with Crippen LogP contribution in [0.4, 0.5) is 0 Å². The van der Waals surface area contributed by atoms with Crippen molar-refractivity contribution in [2.24, 2.45) is 5.92 Å². The highest BCUT2D eigenvalue weighted by atomic mass is 15.5. The highest BCUT2D eigenvalue weighted by Gasteiger charge is 2.02. The minimum Gasteiger partial charge on any atom is -0.200 e. The maximum absolute atomic E-state index is 3.82. The van der Waals surface area contributed by atoms with E-state index in [-0.39, 0.29) is 0 Å². The Labute approximate surface area is 83.6 Å². The molecule has 0 saturated carbocycles. The summed E-state index contributed by atoms with van der Waals surface area (Å²) in [5.74, 6) is 1.03. The van der Waals surface area contributed by atoms with Crippen molar-refractivity contribution in [3.63, 3.8) is 0 Å². The van der Waals surface area contributed by atoms with Gasteiger partial charge in [-0.3, -0.25) is 0 Å². The van der Waals surface area contributed by atoms with Gasteiger partial charge in [-0.25, -0.2) is 4.68 Å². The van der Waals surface area contributed by atoms with Crippen LogP contribution in [-0.2, 0) is 0 Å². The van der Waals surface area contributed by atoms with Crippen molar-refractivity contribution in [2.75, 3.05) is 0 Å². The molecular formula is C10H14N4. The van der Waals surface area contributed by atoms with Crippen molar-refractivity contribution < 1.29 is 0 Å². The lowest BCUT2D eigenvalue weighted by molar-refractivity contribution is 0.770. The van der Waals surface area contributed by atoms with Gasteiger partial charge in [0.1, 0.15) is 0 Å². The smallest absolute Gasteiger partial charge is 0.178 e. The van der Waals surface area contributed by atoms with Crippen LogP contribution in [0, 0.1) is 5.92 Å². The van der Waals surface area contributed by atoms with Crippen LogP contribution < -0.4 is 0 Å². The number of rotatable bonds is 4. The third-order valence-electron chi connectivity index (χ3n) is 1.87. The molecule has 4 heteroatoms. The number of hydrogen-bond acceptors (Lipinski definition) is 3. The minimum atomic E-state index is 0.398. The zero-order valence-electron chi connectivity index (χ0n) is 8.51. The summed E-state index contributed by atoms with van der Waals surface area (Å²) in [6.07, 6.45) is 5.27. The summed E-state index contributed by atoms with van der Waals surface area (Å²) in [7, 11) is 0. The van der Waals surface area contributed by atoms with E-state index in [9.17, 15) is 0 Å². The second-order valence-corrected chi connectivity index (χ2v) is 3.17. The molecule has 0 atom stereocenters. The molecule has 0 unspecified atom stereocenters. The van der Waals surface area contributed by atoms with E-state index in [4.69, 9.17) is 0 Å². The molecule has 0 N–H and O–H groups in total. The Kier molecular flexibility index (Phi) is 3.34. The summed E-state index contributed by atoms with van der Waals surface area (Å²) >= 11 is 0. The molecule has 0 aliphatic carbocycles. The molecule has 0 bridgehead atoms. The molecule has 74 valence electrons. The Bertz CT molecular complexity index is 360. The Morgan fingerprint density at radius 3 is 2.64 bits per heavy atom. The molecule has 1 rings (SSSR count). The maximum atomic E-state index is 3.82. The van der Waals surface area contributed by atoms with Gasteiger partial charge in [0.2, 0.25) is 0 Å². The number of nitrogens with zero attached hydrogens (tertiary/aromatic N) is 4. The van der Waals surface area contributed by atoms with Gasteiger partial charge < -0.3 is 0 Å². The fraction of sp³-hybridized carbons (Fsp3) is 0.300. The zero-order valence-corrected chi connectivity index (χ0v) is 8.51. The average molecular weight is 190 g/mol. The van der Waals surface area contributed by atoms with E-state index >= 15 is 0 Å². The van der Waals surface area contributed by atoms with Gasteiger partial charge in [0, 0.05) is 6.20 Å². The average Bonchev–Trinajstić information content (AvgIpc) is 2.60. The predicted octanol–water partition coefficient (Wildman–Crippen LogP) is 2.00. The number of hydrogen-bond donors (Lipinski definition) is 0. The van der Waals surface area contributed by atoms with Crippen molar-refractivity contribution in [3.05, 3.63) is 30.6 Å². The van der Waals surface area contributed by atoms with E-state index in [0.29, 0.717) is 11.7 Å². The third kappa shape index (κ3) is 2.16. The molecule has 4 nitrogen and oxygen atoms in total. The zero-order chi connectivity index (χ0) is 10.6.